The molecule has 1 aromatic heterocycles. The molecule has 0 radical (unpaired) electrons. The maximum Gasteiger partial charge on any atom is 0.197 e. The van der Waals surface area contributed by atoms with Crippen molar-refractivity contribution in [2.75, 3.05) is 18.0 Å². The number of benzene rings is 2. The molecular formula is C19H20N4O2S. The van der Waals surface area contributed by atoms with Gasteiger partial charge < -0.3 is 15.1 Å². The molecular weight excluding hydrogens is 348 g/mol. The maximum absolute atomic E-state index is 12.9. The summed E-state index contributed by atoms with van der Waals surface area (Å²) in [6, 6.07) is 13.5. The molecule has 0 saturated heterocycles. The van der Waals surface area contributed by atoms with Crippen molar-refractivity contribution in [3.8, 4) is 0 Å². The van der Waals surface area contributed by atoms with E-state index in [1.807, 2.05) is 42.5 Å². The lowest BCUT2D eigenvalue weighted by molar-refractivity contribution is 0.318. The van der Waals surface area contributed by atoms with Crippen LogP contribution >= 0.6 is 0 Å². The Bertz CT molecular complexity index is 979. The van der Waals surface area contributed by atoms with Crippen molar-refractivity contribution in [2.24, 2.45) is 5.16 Å². The summed E-state index contributed by atoms with van der Waals surface area (Å²) in [4.78, 5) is 9.86. The van der Waals surface area contributed by atoms with E-state index >= 15 is 0 Å². The minimum absolute atomic E-state index is 0.359. The van der Waals surface area contributed by atoms with Crippen molar-refractivity contribution in [3.63, 3.8) is 0 Å². The summed E-state index contributed by atoms with van der Waals surface area (Å²) < 4.78 is 12.9. The van der Waals surface area contributed by atoms with Gasteiger partial charge in [-0.2, -0.15) is 0 Å². The topological polar surface area (TPSA) is 81.6 Å². The van der Waals surface area contributed by atoms with Gasteiger partial charge in [0, 0.05) is 25.1 Å². The van der Waals surface area contributed by atoms with Crippen LogP contribution in [0.1, 0.15) is 24.5 Å². The van der Waals surface area contributed by atoms with Crippen LogP contribution in [0, 0.1) is 0 Å². The third-order valence-corrected chi connectivity index (χ3v) is 5.94. The Balaban J connectivity index is 1.71. The number of nitrogens with zero attached hydrogens (tertiary/aromatic N) is 3. The highest BCUT2D eigenvalue weighted by Crippen LogP contribution is 2.32. The van der Waals surface area contributed by atoms with Crippen molar-refractivity contribution < 1.29 is 9.42 Å². The lowest BCUT2D eigenvalue weighted by atomic mass is 9.96. The number of hydrogen-bond acceptors (Lipinski definition) is 5. The molecule has 1 unspecified atom stereocenters. The fourth-order valence-corrected chi connectivity index (χ4v) is 4.54. The van der Waals surface area contributed by atoms with E-state index < -0.39 is 10.8 Å². The number of fused-ring (bicyclic) bond motifs is 2. The summed E-state index contributed by atoms with van der Waals surface area (Å²) >= 11 is 0. The largest absolute Gasteiger partial charge is 0.411 e. The van der Waals surface area contributed by atoms with Crippen LogP contribution in [-0.2, 0) is 16.6 Å². The first-order valence-electron chi connectivity index (χ1n) is 8.62. The summed E-state index contributed by atoms with van der Waals surface area (Å²) in [6.07, 6.45) is 0.702. The minimum Gasteiger partial charge on any atom is -0.411 e. The molecule has 26 heavy (non-hydrogen) atoms. The Hall–Kier alpha value is -2.67. The van der Waals surface area contributed by atoms with Gasteiger partial charge in [-0.3, -0.25) is 4.21 Å². The van der Waals surface area contributed by atoms with Crippen LogP contribution in [-0.4, -0.2) is 38.2 Å². The molecule has 1 aliphatic heterocycles. The molecule has 0 bridgehead atoms. The molecule has 134 valence electrons. The van der Waals surface area contributed by atoms with Gasteiger partial charge in [-0.1, -0.05) is 35.5 Å². The SMILES string of the molecule is CCN1CC/C(=N/O)c2cccc(CS(=O)c3nc4ccccc4[nH]3)c21. The summed E-state index contributed by atoms with van der Waals surface area (Å²) in [6.45, 7) is 3.73. The summed E-state index contributed by atoms with van der Waals surface area (Å²) in [5.74, 6) is 0.359. The number of rotatable bonds is 4. The predicted molar refractivity (Wildman–Crippen MR) is 103 cm³/mol. The van der Waals surface area contributed by atoms with E-state index in [1.165, 1.54) is 0 Å². The highest BCUT2D eigenvalue weighted by atomic mass is 32.2. The van der Waals surface area contributed by atoms with Crippen molar-refractivity contribution in [3.05, 3.63) is 53.6 Å². The predicted octanol–water partition coefficient (Wildman–Crippen LogP) is 3.28. The average Bonchev–Trinajstić information content (AvgIpc) is 3.11. The van der Waals surface area contributed by atoms with Crippen molar-refractivity contribution >= 4 is 33.2 Å². The zero-order valence-electron chi connectivity index (χ0n) is 14.5. The number of para-hydroxylation sites is 3. The Morgan fingerprint density at radius 1 is 1.27 bits per heavy atom. The lowest BCUT2D eigenvalue weighted by Gasteiger charge is -2.32. The molecule has 2 N–H and O–H groups in total. The molecule has 0 fully saturated rings. The van der Waals surface area contributed by atoms with Crippen LogP contribution in [0.5, 0.6) is 0 Å². The highest BCUT2D eigenvalue weighted by molar-refractivity contribution is 7.84. The zero-order valence-corrected chi connectivity index (χ0v) is 15.3. The first-order chi connectivity index (χ1) is 12.7. The average molecular weight is 368 g/mol. The van der Waals surface area contributed by atoms with E-state index in [2.05, 4.69) is 26.9 Å². The standard InChI is InChI=1S/C19H20N4O2S/c1-2-23-11-10-15(22-24)14-7-5-6-13(18(14)23)12-26(25)19-20-16-8-3-4-9-17(16)21-19/h3-9,24H,2,10-12H2,1H3,(H,20,21)/b22-15-. The third-order valence-electron chi connectivity index (χ3n) is 4.74. The van der Waals surface area contributed by atoms with E-state index in [0.717, 1.165) is 40.9 Å². The minimum atomic E-state index is -1.29. The van der Waals surface area contributed by atoms with E-state index in [4.69, 9.17) is 0 Å². The number of H-pyrrole nitrogens is 1. The van der Waals surface area contributed by atoms with E-state index in [9.17, 15) is 9.42 Å². The first kappa shape index (κ1) is 16.8. The van der Waals surface area contributed by atoms with Gasteiger partial charge in [0.1, 0.15) is 0 Å². The second-order valence-corrected chi connectivity index (χ2v) is 7.61. The molecule has 3 aromatic rings. The molecule has 0 saturated carbocycles. The molecule has 1 aliphatic rings. The first-order valence-corrected chi connectivity index (χ1v) is 9.94. The number of oxime groups is 1. The molecule has 4 rings (SSSR count). The second-order valence-electron chi connectivity index (χ2n) is 6.24. The maximum atomic E-state index is 12.9. The van der Waals surface area contributed by atoms with Gasteiger partial charge in [-0.05, 0) is 24.6 Å². The van der Waals surface area contributed by atoms with E-state index in [0.29, 0.717) is 23.0 Å². The third kappa shape index (κ3) is 2.88. The fraction of sp³-hybridized carbons (Fsp3) is 0.263. The molecule has 2 heterocycles. The van der Waals surface area contributed by atoms with Crippen LogP contribution in [0.2, 0.25) is 0 Å². The zero-order chi connectivity index (χ0) is 18.1. The van der Waals surface area contributed by atoms with Crippen LogP contribution in [0.15, 0.2) is 52.8 Å². The number of aromatic nitrogens is 2. The lowest BCUT2D eigenvalue weighted by Crippen LogP contribution is -2.33. The smallest absolute Gasteiger partial charge is 0.197 e. The fourth-order valence-electron chi connectivity index (χ4n) is 3.47. The number of hydrogen-bond donors (Lipinski definition) is 2. The van der Waals surface area contributed by atoms with Crippen LogP contribution in [0.3, 0.4) is 0 Å². The highest BCUT2D eigenvalue weighted by Gasteiger charge is 2.25. The summed E-state index contributed by atoms with van der Waals surface area (Å²) in [7, 11) is -1.29. The molecule has 0 spiro atoms. The van der Waals surface area contributed by atoms with Crippen LogP contribution < -0.4 is 4.90 Å². The normalized spacial score (nSPS) is 16.8. The monoisotopic (exact) mass is 368 g/mol. The molecule has 2 aromatic carbocycles. The number of imidazole rings is 1. The molecule has 7 heteroatoms. The van der Waals surface area contributed by atoms with Gasteiger partial charge in [0.25, 0.3) is 0 Å². The van der Waals surface area contributed by atoms with E-state index in [-0.39, 0.29) is 0 Å². The number of aromatic amines is 1. The van der Waals surface area contributed by atoms with Gasteiger partial charge in [0.2, 0.25) is 0 Å². The van der Waals surface area contributed by atoms with Crippen molar-refractivity contribution in [2.45, 2.75) is 24.3 Å². The molecule has 0 amide bonds. The van der Waals surface area contributed by atoms with Crippen LogP contribution in [0.4, 0.5) is 5.69 Å². The van der Waals surface area contributed by atoms with E-state index in [1.54, 1.807) is 0 Å². The second kappa shape index (κ2) is 6.92. The van der Waals surface area contributed by atoms with Gasteiger partial charge in [0.05, 0.1) is 39.0 Å². The van der Waals surface area contributed by atoms with Gasteiger partial charge in [-0.15, -0.1) is 0 Å². The van der Waals surface area contributed by atoms with Gasteiger partial charge in [0.15, 0.2) is 5.16 Å². The van der Waals surface area contributed by atoms with Crippen molar-refractivity contribution in [1.29, 1.82) is 0 Å². The van der Waals surface area contributed by atoms with Gasteiger partial charge in [-0.25, -0.2) is 4.98 Å². The Kier molecular flexibility index (Phi) is 4.46. The van der Waals surface area contributed by atoms with Gasteiger partial charge >= 0.3 is 0 Å². The number of nitrogens with one attached hydrogen (secondary N) is 1. The summed E-state index contributed by atoms with van der Waals surface area (Å²) in [5, 5.41) is 13.3. The Labute approximate surface area is 154 Å². The molecule has 0 aliphatic carbocycles. The Morgan fingerprint density at radius 3 is 2.88 bits per heavy atom. The quantitative estimate of drug-likeness (QED) is 0.547. The summed E-state index contributed by atoms with van der Waals surface area (Å²) in [5.41, 5.74) is 5.29. The van der Waals surface area contributed by atoms with Crippen LogP contribution in [0.25, 0.3) is 11.0 Å². The molecule has 1 atom stereocenters. The van der Waals surface area contributed by atoms with Crippen molar-refractivity contribution in [1.82, 2.24) is 9.97 Å². The Morgan fingerprint density at radius 2 is 2.12 bits per heavy atom. The number of anilines is 1. The molecule has 6 nitrogen and oxygen atoms in total.